The van der Waals surface area contributed by atoms with Crippen molar-refractivity contribution in [1.29, 1.82) is 0 Å². The van der Waals surface area contributed by atoms with E-state index in [1.165, 1.54) is 15.9 Å². The van der Waals surface area contributed by atoms with Crippen molar-refractivity contribution in [1.82, 2.24) is 0 Å². The third-order valence-electron chi connectivity index (χ3n) is 4.94. The van der Waals surface area contributed by atoms with E-state index in [2.05, 4.69) is 82.8 Å². The molecule has 0 saturated carbocycles. The van der Waals surface area contributed by atoms with Gasteiger partial charge in [0.1, 0.15) is 0 Å². The Kier molecular flexibility index (Phi) is 6.10. The van der Waals surface area contributed by atoms with Crippen LogP contribution < -0.4 is 15.9 Å². The minimum Gasteiger partial charge on any atom is -0.254 e. The normalized spacial score (nSPS) is 10.8. The SMILES string of the molecule is [N-]=[N+]=NCc1ccccc1N=P(c1ccccc1)(c1ccccc1)c1ccccc1. The topological polar surface area (TPSA) is 61.1 Å². The Balaban J connectivity index is 2.12. The summed E-state index contributed by atoms with van der Waals surface area (Å²) >= 11 is 0. The molecule has 0 aliphatic carbocycles. The zero-order chi connectivity index (χ0) is 20.7. The van der Waals surface area contributed by atoms with Crippen LogP contribution in [0.5, 0.6) is 0 Å². The van der Waals surface area contributed by atoms with E-state index in [0.29, 0.717) is 0 Å². The Morgan fingerprint density at radius 2 is 1.03 bits per heavy atom. The Bertz CT molecular complexity index is 1110. The third kappa shape index (κ3) is 3.92. The smallest absolute Gasteiger partial charge is 0.0658 e. The third-order valence-corrected chi connectivity index (χ3v) is 8.60. The van der Waals surface area contributed by atoms with Crippen LogP contribution in [0.4, 0.5) is 5.69 Å². The maximum absolute atomic E-state index is 8.82. The van der Waals surface area contributed by atoms with Gasteiger partial charge < -0.3 is 0 Å². The molecule has 0 amide bonds. The minimum atomic E-state index is -2.34. The Hall–Kier alpha value is -3.58. The molecule has 0 atom stereocenters. The van der Waals surface area contributed by atoms with E-state index in [4.69, 9.17) is 10.3 Å². The predicted molar refractivity (Wildman–Crippen MR) is 127 cm³/mol. The monoisotopic (exact) mass is 408 g/mol. The zero-order valence-electron chi connectivity index (χ0n) is 16.4. The molecule has 4 rings (SSSR count). The van der Waals surface area contributed by atoms with E-state index in [0.717, 1.165) is 11.3 Å². The molecule has 5 heteroatoms. The van der Waals surface area contributed by atoms with Gasteiger partial charge in [0.25, 0.3) is 0 Å². The summed E-state index contributed by atoms with van der Waals surface area (Å²) in [6, 6.07) is 39.4. The molecule has 0 fully saturated rings. The highest BCUT2D eigenvalue weighted by molar-refractivity contribution is 7.87. The lowest BCUT2D eigenvalue weighted by molar-refractivity contribution is 1.05. The number of azide groups is 1. The molecular formula is C25H21N4P. The van der Waals surface area contributed by atoms with Gasteiger partial charge >= 0.3 is 0 Å². The summed E-state index contributed by atoms with van der Waals surface area (Å²) in [6.07, 6.45) is 0. The molecule has 0 saturated heterocycles. The zero-order valence-corrected chi connectivity index (χ0v) is 17.3. The van der Waals surface area contributed by atoms with Crippen molar-refractivity contribution in [2.24, 2.45) is 9.86 Å². The molecule has 4 aromatic rings. The highest BCUT2D eigenvalue weighted by atomic mass is 31.2. The highest BCUT2D eigenvalue weighted by Gasteiger charge is 2.27. The van der Waals surface area contributed by atoms with E-state index in [1.54, 1.807) is 0 Å². The fraction of sp³-hybridized carbons (Fsp3) is 0.0400. The lowest BCUT2D eigenvalue weighted by atomic mass is 10.2. The molecule has 146 valence electrons. The average Bonchev–Trinajstić information content (AvgIpc) is 2.83. The maximum atomic E-state index is 8.82. The van der Waals surface area contributed by atoms with Crippen LogP contribution >= 0.6 is 7.05 Å². The molecule has 0 heterocycles. The second kappa shape index (κ2) is 9.28. The first kappa shape index (κ1) is 19.7. The summed E-state index contributed by atoms with van der Waals surface area (Å²) in [7, 11) is -2.34. The minimum absolute atomic E-state index is 0.272. The van der Waals surface area contributed by atoms with E-state index in [9.17, 15) is 0 Å². The van der Waals surface area contributed by atoms with Crippen molar-refractivity contribution in [3.8, 4) is 0 Å². The quantitative estimate of drug-likeness (QED) is 0.155. The van der Waals surface area contributed by atoms with Gasteiger partial charge in [-0.25, -0.2) is 0 Å². The molecule has 0 spiro atoms. The van der Waals surface area contributed by atoms with Crippen molar-refractivity contribution < 1.29 is 0 Å². The molecule has 0 bridgehead atoms. The summed E-state index contributed by atoms with van der Waals surface area (Å²) in [6.45, 7) is 0.272. The molecule has 0 aromatic heterocycles. The van der Waals surface area contributed by atoms with Crippen molar-refractivity contribution >= 4 is 28.7 Å². The van der Waals surface area contributed by atoms with Crippen molar-refractivity contribution in [3.63, 3.8) is 0 Å². The molecule has 0 aliphatic heterocycles. The van der Waals surface area contributed by atoms with Gasteiger partial charge in [-0.2, -0.15) is 0 Å². The molecule has 0 aliphatic rings. The van der Waals surface area contributed by atoms with Crippen molar-refractivity contribution in [2.75, 3.05) is 0 Å². The fourth-order valence-corrected chi connectivity index (χ4v) is 7.13. The van der Waals surface area contributed by atoms with E-state index in [1.807, 2.05) is 42.5 Å². The van der Waals surface area contributed by atoms with Gasteiger partial charge in [0.05, 0.1) is 19.3 Å². The molecule has 4 nitrogen and oxygen atoms in total. The van der Waals surface area contributed by atoms with Crippen LogP contribution in [0.1, 0.15) is 5.56 Å². The predicted octanol–water partition coefficient (Wildman–Crippen LogP) is 6.31. The van der Waals surface area contributed by atoms with Gasteiger partial charge in [-0.1, -0.05) is 114 Å². The maximum Gasteiger partial charge on any atom is 0.0658 e. The Morgan fingerprint density at radius 1 is 0.600 bits per heavy atom. The number of hydrogen-bond donors (Lipinski definition) is 0. The van der Waals surface area contributed by atoms with Crippen LogP contribution in [0.2, 0.25) is 0 Å². The van der Waals surface area contributed by atoms with E-state index >= 15 is 0 Å². The van der Waals surface area contributed by atoms with Crippen LogP contribution in [0.25, 0.3) is 10.4 Å². The Labute approximate surface area is 176 Å². The van der Waals surface area contributed by atoms with Gasteiger partial charge in [-0.3, -0.25) is 4.74 Å². The largest absolute Gasteiger partial charge is 0.254 e. The first-order valence-electron chi connectivity index (χ1n) is 9.72. The van der Waals surface area contributed by atoms with Crippen LogP contribution in [-0.4, -0.2) is 0 Å². The van der Waals surface area contributed by atoms with E-state index in [-0.39, 0.29) is 6.54 Å². The summed E-state index contributed by atoms with van der Waals surface area (Å²) in [5, 5.41) is 7.33. The summed E-state index contributed by atoms with van der Waals surface area (Å²) in [4.78, 5) is 2.94. The van der Waals surface area contributed by atoms with Crippen LogP contribution in [0.3, 0.4) is 0 Å². The van der Waals surface area contributed by atoms with Gasteiger partial charge in [0, 0.05) is 20.8 Å². The van der Waals surface area contributed by atoms with E-state index < -0.39 is 7.05 Å². The van der Waals surface area contributed by atoms with Gasteiger partial charge in [0.2, 0.25) is 0 Å². The second-order valence-corrected chi connectivity index (χ2v) is 9.78. The van der Waals surface area contributed by atoms with Crippen LogP contribution in [0, 0.1) is 0 Å². The molecular weight excluding hydrogens is 387 g/mol. The fourth-order valence-electron chi connectivity index (χ4n) is 3.56. The van der Waals surface area contributed by atoms with Crippen molar-refractivity contribution in [2.45, 2.75) is 6.54 Å². The highest BCUT2D eigenvalue weighted by Crippen LogP contribution is 2.49. The van der Waals surface area contributed by atoms with Gasteiger partial charge in [0.15, 0.2) is 0 Å². The van der Waals surface area contributed by atoms with Gasteiger partial charge in [-0.05, 0) is 17.2 Å². The van der Waals surface area contributed by atoms with Crippen LogP contribution in [-0.2, 0) is 6.54 Å². The molecule has 30 heavy (non-hydrogen) atoms. The van der Waals surface area contributed by atoms with Crippen molar-refractivity contribution in [3.05, 3.63) is 131 Å². The lowest BCUT2D eigenvalue weighted by Gasteiger charge is -2.27. The average molecular weight is 408 g/mol. The first-order valence-corrected chi connectivity index (χ1v) is 11.5. The van der Waals surface area contributed by atoms with Crippen LogP contribution in [0.15, 0.2) is 125 Å². The molecule has 0 radical (unpaired) electrons. The standard InChI is InChI=1S/C25H21N4P/c26-29-27-20-21-12-10-11-19-25(21)28-30(22-13-4-1-5-14-22,23-15-6-2-7-16-23)24-17-8-3-9-18-24/h1-19H,20H2. The number of nitrogens with zero attached hydrogens (tertiary/aromatic N) is 4. The number of hydrogen-bond acceptors (Lipinski definition) is 2. The molecule has 0 unspecified atom stereocenters. The molecule has 0 N–H and O–H groups in total. The molecule has 4 aromatic carbocycles. The number of rotatable bonds is 6. The first-order chi connectivity index (χ1) is 14.8. The Morgan fingerprint density at radius 3 is 1.50 bits per heavy atom. The second-order valence-electron chi connectivity index (χ2n) is 6.76. The summed E-state index contributed by atoms with van der Waals surface area (Å²) in [5.41, 5.74) is 10.6. The van der Waals surface area contributed by atoms with Gasteiger partial charge in [-0.15, -0.1) is 0 Å². The number of benzene rings is 4. The summed E-state index contributed by atoms with van der Waals surface area (Å²) < 4.78 is 5.48. The summed E-state index contributed by atoms with van der Waals surface area (Å²) in [5.74, 6) is 0. The lowest BCUT2D eigenvalue weighted by Crippen LogP contribution is -2.25.